The highest BCUT2D eigenvalue weighted by Crippen LogP contribution is 2.21. The fourth-order valence-corrected chi connectivity index (χ4v) is 2.38. The summed E-state index contributed by atoms with van der Waals surface area (Å²) in [4.78, 5) is 5.12. The van der Waals surface area contributed by atoms with E-state index in [0.717, 1.165) is 13.1 Å². The summed E-state index contributed by atoms with van der Waals surface area (Å²) in [5.74, 6) is 0. The highest BCUT2D eigenvalue weighted by molar-refractivity contribution is 7.12. The Morgan fingerprint density at radius 2 is 2.07 bits per heavy atom. The van der Waals surface area contributed by atoms with Crippen LogP contribution >= 0.6 is 23.7 Å². The van der Waals surface area contributed by atoms with Crippen LogP contribution in [-0.2, 0) is 6.54 Å². The SMILES string of the molecule is Cc1cc(CN(C)C(C)CN)c(C)s1.Cl. The second kappa shape index (κ2) is 6.48. The lowest BCUT2D eigenvalue weighted by Gasteiger charge is -2.23. The molecule has 1 unspecified atom stereocenters. The van der Waals surface area contributed by atoms with E-state index >= 15 is 0 Å². The lowest BCUT2D eigenvalue weighted by molar-refractivity contribution is 0.254. The zero-order chi connectivity index (χ0) is 10.7. The Hall–Kier alpha value is -0.0900. The molecule has 1 atom stereocenters. The summed E-state index contributed by atoms with van der Waals surface area (Å²) in [6.07, 6.45) is 0. The predicted octanol–water partition coefficient (Wildman–Crippen LogP) is 2.57. The van der Waals surface area contributed by atoms with Crippen LogP contribution in [-0.4, -0.2) is 24.5 Å². The maximum absolute atomic E-state index is 5.63. The molecule has 1 aromatic heterocycles. The third-order valence-corrected chi connectivity index (χ3v) is 3.67. The minimum atomic E-state index is 0. The van der Waals surface area contributed by atoms with Crippen LogP contribution in [0.5, 0.6) is 0 Å². The van der Waals surface area contributed by atoms with Gasteiger partial charge in [0.25, 0.3) is 0 Å². The molecule has 0 aliphatic rings. The van der Waals surface area contributed by atoms with Crippen LogP contribution in [0.4, 0.5) is 0 Å². The normalized spacial score (nSPS) is 12.7. The van der Waals surface area contributed by atoms with Gasteiger partial charge < -0.3 is 5.73 Å². The highest BCUT2D eigenvalue weighted by Gasteiger charge is 2.10. The van der Waals surface area contributed by atoms with Crippen LogP contribution in [0.15, 0.2) is 6.07 Å². The Kier molecular flexibility index (Phi) is 6.44. The van der Waals surface area contributed by atoms with Gasteiger partial charge in [-0.05, 0) is 39.4 Å². The first kappa shape index (κ1) is 14.9. The Bertz CT molecular complexity index is 299. The zero-order valence-electron chi connectivity index (χ0n) is 9.91. The quantitative estimate of drug-likeness (QED) is 0.888. The summed E-state index contributed by atoms with van der Waals surface area (Å²) in [5.41, 5.74) is 7.07. The molecule has 88 valence electrons. The third-order valence-electron chi connectivity index (χ3n) is 2.66. The van der Waals surface area contributed by atoms with Gasteiger partial charge in [-0.25, -0.2) is 0 Å². The van der Waals surface area contributed by atoms with Crippen molar-refractivity contribution in [2.24, 2.45) is 5.73 Å². The van der Waals surface area contributed by atoms with Crippen molar-refractivity contribution in [2.45, 2.75) is 33.4 Å². The molecule has 1 rings (SSSR count). The van der Waals surface area contributed by atoms with Crippen molar-refractivity contribution in [3.8, 4) is 0 Å². The molecule has 0 saturated heterocycles. The fourth-order valence-electron chi connectivity index (χ4n) is 1.44. The number of hydrogen-bond donors (Lipinski definition) is 1. The summed E-state index contributed by atoms with van der Waals surface area (Å²) in [7, 11) is 2.13. The van der Waals surface area contributed by atoms with Crippen molar-refractivity contribution in [3.05, 3.63) is 21.4 Å². The van der Waals surface area contributed by atoms with Gasteiger partial charge in [0.1, 0.15) is 0 Å². The molecule has 0 saturated carbocycles. The molecule has 15 heavy (non-hydrogen) atoms. The summed E-state index contributed by atoms with van der Waals surface area (Å²) >= 11 is 1.87. The van der Waals surface area contributed by atoms with Gasteiger partial charge in [-0.1, -0.05) is 0 Å². The van der Waals surface area contributed by atoms with E-state index in [2.05, 4.69) is 38.8 Å². The number of rotatable bonds is 4. The van der Waals surface area contributed by atoms with Crippen molar-refractivity contribution in [1.82, 2.24) is 4.90 Å². The summed E-state index contributed by atoms with van der Waals surface area (Å²) in [6.45, 7) is 8.24. The molecule has 2 N–H and O–H groups in total. The van der Waals surface area contributed by atoms with Crippen LogP contribution in [0.2, 0.25) is 0 Å². The molecule has 1 aromatic rings. The van der Waals surface area contributed by atoms with E-state index in [0.29, 0.717) is 6.04 Å². The first-order valence-corrected chi connectivity index (χ1v) is 5.82. The average Bonchev–Trinajstić information content (AvgIpc) is 2.44. The molecule has 4 heteroatoms. The maximum Gasteiger partial charge on any atom is 0.0245 e. The largest absolute Gasteiger partial charge is 0.329 e. The Balaban J connectivity index is 0.00000196. The van der Waals surface area contributed by atoms with Gasteiger partial charge in [-0.3, -0.25) is 4.90 Å². The monoisotopic (exact) mass is 248 g/mol. The van der Waals surface area contributed by atoms with Crippen LogP contribution in [0.1, 0.15) is 22.2 Å². The van der Waals surface area contributed by atoms with E-state index in [1.807, 2.05) is 11.3 Å². The number of thiophene rings is 1. The Morgan fingerprint density at radius 3 is 2.47 bits per heavy atom. The molecule has 0 radical (unpaired) electrons. The predicted molar refractivity (Wildman–Crippen MR) is 71.0 cm³/mol. The third kappa shape index (κ3) is 4.11. The summed E-state index contributed by atoms with van der Waals surface area (Å²) in [5, 5.41) is 0. The number of nitrogens with two attached hydrogens (primary N) is 1. The van der Waals surface area contributed by atoms with E-state index in [1.54, 1.807) is 0 Å². The zero-order valence-corrected chi connectivity index (χ0v) is 11.5. The summed E-state index contributed by atoms with van der Waals surface area (Å²) in [6, 6.07) is 2.73. The number of halogens is 1. The minimum absolute atomic E-state index is 0. The Morgan fingerprint density at radius 1 is 1.47 bits per heavy atom. The number of nitrogens with zero attached hydrogens (tertiary/aromatic N) is 1. The number of aryl methyl sites for hydroxylation is 2. The molecule has 0 aromatic carbocycles. The molecule has 2 nitrogen and oxygen atoms in total. The summed E-state index contributed by atoms with van der Waals surface area (Å²) < 4.78 is 0. The van der Waals surface area contributed by atoms with Crippen molar-refractivity contribution >= 4 is 23.7 Å². The number of hydrogen-bond acceptors (Lipinski definition) is 3. The molecule has 0 amide bonds. The maximum atomic E-state index is 5.63. The second-order valence-electron chi connectivity index (χ2n) is 3.94. The van der Waals surface area contributed by atoms with E-state index in [9.17, 15) is 0 Å². The van der Waals surface area contributed by atoms with Crippen LogP contribution < -0.4 is 5.73 Å². The van der Waals surface area contributed by atoms with Gasteiger partial charge in [0.05, 0.1) is 0 Å². The van der Waals surface area contributed by atoms with E-state index in [1.165, 1.54) is 15.3 Å². The van der Waals surface area contributed by atoms with E-state index in [4.69, 9.17) is 5.73 Å². The van der Waals surface area contributed by atoms with Gasteiger partial charge in [0, 0.05) is 28.9 Å². The van der Waals surface area contributed by atoms with Gasteiger partial charge >= 0.3 is 0 Å². The fraction of sp³-hybridized carbons (Fsp3) is 0.636. The molecule has 0 aliphatic heterocycles. The van der Waals surface area contributed by atoms with E-state index < -0.39 is 0 Å². The first-order valence-electron chi connectivity index (χ1n) is 5.00. The van der Waals surface area contributed by atoms with Gasteiger partial charge in [0.2, 0.25) is 0 Å². The highest BCUT2D eigenvalue weighted by atomic mass is 35.5. The van der Waals surface area contributed by atoms with Crippen molar-refractivity contribution in [1.29, 1.82) is 0 Å². The van der Waals surface area contributed by atoms with Gasteiger partial charge in [0.15, 0.2) is 0 Å². The molecular formula is C11H21ClN2S. The molecule has 0 spiro atoms. The van der Waals surface area contributed by atoms with Gasteiger partial charge in [-0.15, -0.1) is 23.7 Å². The lowest BCUT2D eigenvalue weighted by Crippen LogP contribution is -2.34. The van der Waals surface area contributed by atoms with Crippen LogP contribution in [0.25, 0.3) is 0 Å². The van der Waals surface area contributed by atoms with E-state index in [-0.39, 0.29) is 12.4 Å². The smallest absolute Gasteiger partial charge is 0.0245 e. The molecule has 0 aliphatic carbocycles. The van der Waals surface area contributed by atoms with Crippen molar-refractivity contribution in [3.63, 3.8) is 0 Å². The average molecular weight is 249 g/mol. The standard InChI is InChI=1S/C11H20N2S.ClH/c1-8(6-12)13(4)7-11-5-9(2)14-10(11)3;/h5,8H,6-7,12H2,1-4H3;1H. The number of likely N-dealkylation sites (N-methyl/N-ethyl adjacent to an activating group) is 1. The molecule has 1 heterocycles. The lowest BCUT2D eigenvalue weighted by atomic mass is 10.2. The van der Waals surface area contributed by atoms with Crippen molar-refractivity contribution < 1.29 is 0 Å². The molecule has 0 bridgehead atoms. The van der Waals surface area contributed by atoms with Crippen LogP contribution in [0.3, 0.4) is 0 Å². The van der Waals surface area contributed by atoms with Gasteiger partial charge in [-0.2, -0.15) is 0 Å². The minimum Gasteiger partial charge on any atom is -0.329 e. The Labute approximate surface area is 103 Å². The first-order chi connectivity index (χ1) is 6.54. The second-order valence-corrected chi connectivity index (χ2v) is 5.40. The van der Waals surface area contributed by atoms with Crippen molar-refractivity contribution in [2.75, 3.05) is 13.6 Å². The topological polar surface area (TPSA) is 29.3 Å². The molecule has 0 fully saturated rings. The molecular weight excluding hydrogens is 228 g/mol. The van der Waals surface area contributed by atoms with Crippen LogP contribution in [0, 0.1) is 13.8 Å².